The lowest BCUT2D eigenvalue weighted by molar-refractivity contribution is -0.116. The molecule has 4 N–H and O–H groups in total. The fourth-order valence-corrected chi connectivity index (χ4v) is 1.55. The summed E-state index contributed by atoms with van der Waals surface area (Å²) in [6, 6.07) is 5.04. The number of phenols is 1. The van der Waals surface area contributed by atoms with E-state index in [1.807, 2.05) is 6.92 Å². The van der Waals surface area contributed by atoms with Crippen molar-refractivity contribution in [3.05, 3.63) is 36.2 Å². The predicted octanol–water partition coefficient (Wildman–Crippen LogP) is 1.12. The summed E-state index contributed by atoms with van der Waals surface area (Å²) in [7, 11) is 0. The number of benzene rings is 1. The largest absolute Gasteiger partial charge is 0.506 e. The zero-order valence-electron chi connectivity index (χ0n) is 9.92. The summed E-state index contributed by atoms with van der Waals surface area (Å²) in [4.78, 5) is 11.7. The van der Waals surface area contributed by atoms with Gasteiger partial charge >= 0.3 is 0 Å². The van der Waals surface area contributed by atoms with Crippen molar-refractivity contribution in [1.29, 1.82) is 0 Å². The Hall–Kier alpha value is -2.50. The summed E-state index contributed by atoms with van der Waals surface area (Å²) in [5.41, 5.74) is 7.30. The Labute approximate surface area is 104 Å². The van der Waals surface area contributed by atoms with Crippen LogP contribution >= 0.6 is 0 Å². The molecule has 1 heterocycles. The molecular weight excluding hydrogens is 232 g/mol. The number of aromatic hydroxyl groups is 1. The number of phenolic OH excluding ortho intramolecular Hbond substituents is 1. The molecule has 6 heteroatoms. The number of rotatable bonds is 3. The van der Waals surface area contributed by atoms with E-state index in [-0.39, 0.29) is 18.2 Å². The molecule has 1 aromatic heterocycles. The highest BCUT2D eigenvalue weighted by molar-refractivity contribution is 5.92. The van der Waals surface area contributed by atoms with Gasteiger partial charge in [0.1, 0.15) is 12.3 Å². The highest BCUT2D eigenvalue weighted by Gasteiger charge is 2.07. The van der Waals surface area contributed by atoms with Gasteiger partial charge in [0.2, 0.25) is 5.91 Å². The number of amides is 1. The number of hydrogen-bond acceptors (Lipinski definition) is 4. The van der Waals surface area contributed by atoms with Crippen LogP contribution in [0.15, 0.2) is 30.6 Å². The summed E-state index contributed by atoms with van der Waals surface area (Å²) in [5.74, 6) is -0.236. The van der Waals surface area contributed by atoms with Crippen molar-refractivity contribution in [3.8, 4) is 5.75 Å². The third-order valence-corrected chi connectivity index (χ3v) is 2.39. The topological polar surface area (TPSA) is 93.2 Å². The molecule has 6 nitrogen and oxygen atoms in total. The Morgan fingerprint density at radius 1 is 1.56 bits per heavy atom. The Kier molecular flexibility index (Phi) is 3.18. The van der Waals surface area contributed by atoms with Crippen LogP contribution in [-0.4, -0.2) is 20.8 Å². The number of aryl methyl sites for hydroxylation is 1. The van der Waals surface area contributed by atoms with Gasteiger partial charge in [-0.3, -0.25) is 9.48 Å². The summed E-state index contributed by atoms with van der Waals surface area (Å²) in [6.07, 6.45) is 3.03. The van der Waals surface area contributed by atoms with Gasteiger partial charge in [0.25, 0.3) is 0 Å². The average molecular weight is 246 g/mol. The molecule has 1 amide bonds. The normalized spacial score (nSPS) is 10.3. The SMILES string of the molecule is Cc1ccc(NC(=O)Cn2cc(N)cn2)c(O)c1. The molecule has 2 aromatic rings. The van der Waals surface area contributed by atoms with Crippen LogP contribution in [-0.2, 0) is 11.3 Å². The van der Waals surface area contributed by atoms with Crippen LogP contribution in [0.3, 0.4) is 0 Å². The zero-order chi connectivity index (χ0) is 13.1. The first-order valence-electron chi connectivity index (χ1n) is 5.42. The van der Waals surface area contributed by atoms with Crippen LogP contribution in [0, 0.1) is 6.92 Å². The van der Waals surface area contributed by atoms with Crippen LogP contribution in [0.1, 0.15) is 5.56 Å². The third kappa shape index (κ3) is 2.79. The van der Waals surface area contributed by atoms with E-state index >= 15 is 0 Å². The van der Waals surface area contributed by atoms with Gasteiger partial charge in [0.15, 0.2) is 0 Å². The first kappa shape index (κ1) is 12.0. The lowest BCUT2D eigenvalue weighted by atomic mass is 10.2. The molecule has 0 fully saturated rings. The lowest BCUT2D eigenvalue weighted by Gasteiger charge is -2.07. The molecule has 2 rings (SSSR count). The Balaban J connectivity index is 2.03. The van der Waals surface area contributed by atoms with Gasteiger partial charge in [-0.05, 0) is 24.6 Å². The fraction of sp³-hybridized carbons (Fsp3) is 0.167. The van der Waals surface area contributed by atoms with Gasteiger partial charge in [0.05, 0.1) is 17.6 Å². The first-order chi connectivity index (χ1) is 8.54. The Bertz CT molecular complexity index is 577. The van der Waals surface area contributed by atoms with E-state index in [4.69, 9.17) is 5.73 Å². The maximum absolute atomic E-state index is 11.7. The smallest absolute Gasteiger partial charge is 0.246 e. The Morgan fingerprint density at radius 3 is 2.94 bits per heavy atom. The predicted molar refractivity (Wildman–Crippen MR) is 68.1 cm³/mol. The van der Waals surface area contributed by atoms with Crippen molar-refractivity contribution in [2.24, 2.45) is 0 Å². The van der Waals surface area contributed by atoms with Gasteiger partial charge in [-0.25, -0.2) is 0 Å². The first-order valence-corrected chi connectivity index (χ1v) is 5.42. The van der Waals surface area contributed by atoms with Crippen molar-refractivity contribution in [1.82, 2.24) is 9.78 Å². The number of nitrogens with zero attached hydrogens (tertiary/aromatic N) is 2. The van der Waals surface area contributed by atoms with Crippen molar-refractivity contribution in [3.63, 3.8) is 0 Å². The van der Waals surface area contributed by atoms with Gasteiger partial charge < -0.3 is 16.2 Å². The van der Waals surface area contributed by atoms with Crippen molar-refractivity contribution >= 4 is 17.3 Å². The number of nitrogens with one attached hydrogen (secondary N) is 1. The van der Waals surface area contributed by atoms with E-state index in [0.717, 1.165) is 5.56 Å². The number of hydrogen-bond donors (Lipinski definition) is 3. The van der Waals surface area contributed by atoms with E-state index in [1.165, 1.54) is 10.9 Å². The van der Waals surface area contributed by atoms with Gasteiger partial charge in [-0.2, -0.15) is 5.10 Å². The van der Waals surface area contributed by atoms with Crippen molar-refractivity contribution in [2.45, 2.75) is 13.5 Å². The van der Waals surface area contributed by atoms with E-state index in [9.17, 15) is 9.90 Å². The number of aromatic nitrogens is 2. The monoisotopic (exact) mass is 246 g/mol. The lowest BCUT2D eigenvalue weighted by Crippen LogP contribution is -2.19. The minimum atomic E-state index is -0.280. The van der Waals surface area contributed by atoms with E-state index in [1.54, 1.807) is 24.4 Å². The van der Waals surface area contributed by atoms with E-state index < -0.39 is 0 Å². The molecule has 0 aliphatic rings. The van der Waals surface area contributed by atoms with Crippen molar-refractivity contribution in [2.75, 3.05) is 11.1 Å². The molecule has 0 unspecified atom stereocenters. The quantitative estimate of drug-likeness (QED) is 0.707. The second-order valence-electron chi connectivity index (χ2n) is 4.04. The number of carbonyl (C=O) groups excluding carboxylic acids is 1. The molecule has 94 valence electrons. The third-order valence-electron chi connectivity index (χ3n) is 2.39. The molecule has 0 saturated heterocycles. The second kappa shape index (κ2) is 4.79. The number of nitrogens with two attached hydrogens (primary N) is 1. The van der Waals surface area contributed by atoms with Gasteiger partial charge in [-0.1, -0.05) is 6.07 Å². The van der Waals surface area contributed by atoms with Crippen LogP contribution in [0.2, 0.25) is 0 Å². The van der Waals surface area contributed by atoms with Gasteiger partial charge in [-0.15, -0.1) is 0 Å². The average Bonchev–Trinajstić information content (AvgIpc) is 2.68. The summed E-state index contributed by atoms with van der Waals surface area (Å²) < 4.78 is 1.43. The highest BCUT2D eigenvalue weighted by Crippen LogP contribution is 2.23. The minimum absolute atomic E-state index is 0.0447. The maximum Gasteiger partial charge on any atom is 0.246 e. The molecule has 0 saturated carbocycles. The molecule has 1 aromatic carbocycles. The molecule has 0 bridgehead atoms. The summed E-state index contributed by atoms with van der Waals surface area (Å²) in [6.45, 7) is 1.91. The number of anilines is 2. The molecule has 0 atom stereocenters. The van der Waals surface area contributed by atoms with Crippen LogP contribution in [0.5, 0.6) is 5.75 Å². The number of nitrogen functional groups attached to an aromatic ring is 1. The van der Waals surface area contributed by atoms with E-state index in [0.29, 0.717) is 11.4 Å². The van der Waals surface area contributed by atoms with Crippen LogP contribution in [0.4, 0.5) is 11.4 Å². The maximum atomic E-state index is 11.7. The molecular formula is C12H14N4O2. The molecule has 0 aliphatic heterocycles. The molecule has 0 spiro atoms. The number of carbonyl (C=O) groups is 1. The fourth-order valence-electron chi connectivity index (χ4n) is 1.55. The minimum Gasteiger partial charge on any atom is -0.506 e. The standard InChI is InChI=1S/C12H14N4O2/c1-8-2-3-10(11(17)4-8)15-12(18)7-16-6-9(13)5-14-16/h2-6,17H,7,13H2,1H3,(H,15,18). The Morgan fingerprint density at radius 2 is 2.33 bits per heavy atom. The van der Waals surface area contributed by atoms with Crippen LogP contribution in [0.25, 0.3) is 0 Å². The van der Waals surface area contributed by atoms with Gasteiger partial charge in [0, 0.05) is 6.20 Å². The molecule has 0 aliphatic carbocycles. The van der Waals surface area contributed by atoms with Crippen molar-refractivity contribution < 1.29 is 9.90 Å². The summed E-state index contributed by atoms with van der Waals surface area (Å²) >= 11 is 0. The second-order valence-corrected chi connectivity index (χ2v) is 4.04. The zero-order valence-corrected chi connectivity index (χ0v) is 9.92. The molecule has 0 radical (unpaired) electrons. The van der Waals surface area contributed by atoms with E-state index in [2.05, 4.69) is 10.4 Å². The highest BCUT2D eigenvalue weighted by atomic mass is 16.3. The molecule has 18 heavy (non-hydrogen) atoms. The summed E-state index contributed by atoms with van der Waals surface area (Å²) in [5, 5.41) is 16.2. The van der Waals surface area contributed by atoms with Crippen LogP contribution < -0.4 is 11.1 Å².